The van der Waals surface area contributed by atoms with Gasteiger partial charge in [-0.05, 0) is 31.2 Å². The zero-order valence-corrected chi connectivity index (χ0v) is 14.0. The van der Waals surface area contributed by atoms with E-state index in [9.17, 15) is 13.2 Å². The third-order valence-corrected chi connectivity index (χ3v) is 5.02. The number of amides is 1. The first kappa shape index (κ1) is 16.0. The van der Waals surface area contributed by atoms with E-state index in [1.165, 1.54) is 23.5 Å². The molecule has 7 nitrogen and oxygen atoms in total. The number of benzene rings is 1. The summed E-state index contributed by atoms with van der Waals surface area (Å²) in [4.78, 5) is 11.7. The standard InChI is InChI=1S/C11H11BrN4O3S2/c1-7-15-16-11(20-7)14-10(17)6-13-21(18,19)9-4-2-8(12)3-5-9/h2-5,13H,6H2,1H3,(H,14,16,17). The highest BCUT2D eigenvalue weighted by molar-refractivity contribution is 9.10. The zero-order valence-electron chi connectivity index (χ0n) is 10.8. The van der Waals surface area contributed by atoms with Crippen LogP contribution in [0.3, 0.4) is 0 Å². The van der Waals surface area contributed by atoms with Crippen LogP contribution in [0.25, 0.3) is 0 Å². The van der Waals surface area contributed by atoms with Gasteiger partial charge in [0.05, 0.1) is 11.4 Å². The van der Waals surface area contributed by atoms with Gasteiger partial charge >= 0.3 is 0 Å². The number of anilines is 1. The Morgan fingerprint density at radius 3 is 2.52 bits per heavy atom. The number of rotatable bonds is 5. The van der Waals surface area contributed by atoms with Crippen molar-refractivity contribution in [2.45, 2.75) is 11.8 Å². The molecular weight excluding hydrogens is 380 g/mol. The van der Waals surface area contributed by atoms with Gasteiger partial charge in [0.1, 0.15) is 5.01 Å². The molecule has 0 saturated heterocycles. The molecule has 112 valence electrons. The fraction of sp³-hybridized carbons (Fsp3) is 0.182. The molecule has 0 saturated carbocycles. The highest BCUT2D eigenvalue weighted by atomic mass is 79.9. The molecule has 0 radical (unpaired) electrons. The third kappa shape index (κ3) is 4.56. The minimum absolute atomic E-state index is 0.0882. The molecule has 0 spiro atoms. The van der Waals surface area contributed by atoms with Gasteiger partial charge < -0.3 is 0 Å². The molecule has 0 unspecified atom stereocenters. The summed E-state index contributed by atoms with van der Waals surface area (Å²) in [7, 11) is -3.72. The molecular formula is C11H11BrN4O3S2. The molecule has 2 rings (SSSR count). The van der Waals surface area contributed by atoms with Gasteiger partial charge in [0.15, 0.2) is 0 Å². The number of carbonyl (C=O) groups excluding carboxylic acids is 1. The van der Waals surface area contributed by atoms with E-state index in [0.29, 0.717) is 10.1 Å². The van der Waals surface area contributed by atoms with Crippen molar-refractivity contribution in [3.8, 4) is 0 Å². The number of aromatic nitrogens is 2. The van der Waals surface area contributed by atoms with E-state index in [1.54, 1.807) is 19.1 Å². The maximum Gasteiger partial charge on any atom is 0.241 e. The average Bonchev–Trinajstić information content (AvgIpc) is 2.82. The molecule has 1 amide bonds. The number of hydrogen-bond acceptors (Lipinski definition) is 6. The first-order chi connectivity index (χ1) is 9.87. The summed E-state index contributed by atoms with van der Waals surface area (Å²) in [6, 6.07) is 6.11. The smallest absolute Gasteiger partial charge is 0.241 e. The summed E-state index contributed by atoms with van der Waals surface area (Å²) >= 11 is 4.43. The Kier molecular flexibility index (Phi) is 5.04. The van der Waals surface area contributed by atoms with Crippen LogP contribution in [0.2, 0.25) is 0 Å². The summed E-state index contributed by atoms with van der Waals surface area (Å²) in [6.45, 7) is 1.38. The van der Waals surface area contributed by atoms with Crippen molar-refractivity contribution < 1.29 is 13.2 Å². The van der Waals surface area contributed by atoms with E-state index in [2.05, 4.69) is 36.2 Å². The fourth-order valence-electron chi connectivity index (χ4n) is 1.37. The highest BCUT2D eigenvalue weighted by Gasteiger charge is 2.16. The molecule has 2 aromatic rings. The Balaban J connectivity index is 1.95. The molecule has 0 atom stereocenters. The summed E-state index contributed by atoms with van der Waals surface area (Å²) in [5.41, 5.74) is 0. The van der Waals surface area contributed by atoms with Crippen molar-refractivity contribution in [3.05, 3.63) is 33.7 Å². The quantitative estimate of drug-likeness (QED) is 0.805. The number of halogens is 1. The molecule has 10 heteroatoms. The summed E-state index contributed by atoms with van der Waals surface area (Å²) in [6.07, 6.45) is 0. The highest BCUT2D eigenvalue weighted by Crippen LogP contribution is 2.15. The van der Waals surface area contributed by atoms with Gasteiger partial charge in [0, 0.05) is 4.47 Å². The summed E-state index contributed by atoms with van der Waals surface area (Å²) < 4.78 is 26.9. The van der Waals surface area contributed by atoms with Gasteiger partial charge in [0.25, 0.3) is 0 Å². The Hall–Kier alpha value is -1.36. The van der Waals surface area contributed by atoms with Crippen LogP contribution in [0, 0.1) is 6.92 Å². The lowest BCUT2D eigenvalue weighted by atomic mass is 10.4. The van der Waals surface area contributed by atoms with E-state index >= 15 is 0 Å². The average molecular weight is 391 g/mol. The van der Waals surface area contributed by atoms with Crippen molar-refractivity contribution in [2.75, 3.05) is 11.9 Å². The minimum Gasteiger partial charge on any atom is -0.299 e. The summed E-state index contributed by atoms with van der Waals surface area (Å²) in [5, 5.41) is 11.0. The number of nitrogens with one attached hydrogen (secondary N) is 2. The zero-order chi connectivity index (χ0) is 15.5. The molecule has 21 heavy (non-hydrogen) atoms. The van der Waals surface area contributed by atoms with Gasteiger partial charge in [-0.3, -0.25) is 10.1 Å². The largest absolute Gasteiger partial charge is 0.299 e. The van der Waals surface area contributed by atoms with Gasteiger partial charge in [-0.15, -0.1) is 10.2 Å². The topological polar surface area (TPSA) is 101 Å². The lowest BCUT2D eigenvalue weighted by Gasteiger charge is -2.06. The van der Waals surface area contributed by atoms with E-state index in [0.717, 1.165) is 4.47 Å². The van der Waals surface area contributed by atoms with Crippen molar-refractivity contribution in [1.29, 1.82) is 0 Å². The second-order valence-corrected chi connectivity index (χ2v) is 7.82. The van der Waals surface area contributed by atoms with Crippen molar-refractivity contribution >= 4 is 48.3 Å². The molecule has 0 aliphatic heterocycles. The number of nitrogens with zero attached hydrogens (tertiary/aromatic N) is 2. The SMILES string of the molecule is Cc1nnc(NC(=O)CNS(=O)(=O)c2ccc(Br)cc2)s1. The maximum absolute atomic E-state index is 12.0. The van der Waals surface area contributed by atoms with Crippen molar-refractivity contribution in [1.82, 2.24) is 14.9 Å². The van der Waals surface area contributed by atoms with Crippen LogP contribution in [0.4, 0.5) is 5.13 Å². The molecule has 0 bridgehead atoms. The van der Waals surface area contributed by atoms with E-state index in [4.69, 9.17) is 0 Å². The van der Waals surface area contributed by atoms with Crippen LogP contribution in [0.5, 0.6) is 0 Å². The van der Waals surface area contributed by atoms with E-state index in [-0.39, 0.29) is 11.4 Å². The van der Waals surface area contributed by atoms with Gasteiger partial charge in [-0.25, -0.2) is 13.1 Å². The molecule has 2 N–H and O–H groups in total. The monoisotopic (exact) mass is 390 g/mol. The number of aryl methyl sites for hydroxylation is 1. The van der Waals surface area contributed by atoms with Crippen molar-refractivity contribution in [2.24, 2.45) is 0 Å². The van der Waals surface area contributed by atoms with Crippen LogP contribution in [0.15, 0.2) is 33.6 Å². The first-order valence-corrected chi connectivity index (χ1v) is 8.81. The van der Waals surface area contributed by atoms with Crippen LogP contribution >= 0.6 is 27.3 Å². The lowest BCUT2D eigenvalue weighted by molar-refractivity contribution is -0.115. The molecule has 1 heterocycles. The van der Waals surface area contributed by atoms with Crippen molar-refractivity contribution in [3.63, 3.8) is 0 Å². The van der Waals surface area contributed by atoms with E-state index < -0.39 is 15.9 Å². The second-order valence-electron chi connectivity index (χ2n) is 3.95. The number of sulfonamides is 1. The second kappa shape index (κ2) is 6.60. The van der Waals surface area contributed by atoms with Crippen LogP contribution < -0.4 is 10.0 Å². The van der Waals surface area contributed by atoms with Gasteiger partial charge in [-0.2, -0.15) is 0 Å². The van der Waals surface area contributed by atoms with Crippen LogP contribution in [-0.4, -0.2) is 31.1 Å². The minimum atomic E-state index is -3.72. The normalized spacial score (nSPS) is 11.3. The van der Waals surface area contributed by atoms with E-state index in [1.807, 2.05) is 0 Å². The predicted octanol–water partition coefficient (Wildman–Crippen LogP) is 1.53. The predicted molar refractivity (Wildman–Crippen MR) is 82.6 cm³/mol. The molecule has 1 aromatic carbocycles. The Morgan fingerprint density at radius 1 is 1.29 bits per heavy atom. The number of carbonyl (C=O) groups is 1. The summed E-state index contributed by atoms with van der Waals surface area (Å²) in [5.74, 6) is -0.508. The number of hydrogen-bond donors (Lipinski definition) is 2. The molecule has 0 aliphatic rings. The lowest BCUT2D eigenvalue weighted by Crippen LogP contribution is -2.32. The van der Waals surface area contributed by atoms with Gasteiger partial charge in [0.2, 0.25) is 21.1 Å². The first-order valence-electron chi connectivity index (χ1n) is 5.72. The van der Waals surface area contributed by atoms with Gasteiger partial charge in [-0.1, -0.05) is 27.3 Å². The molecule has 1 aromatic heterocycles. The van der Waals surface area contributed by atoms with Crippen LogP contribution in [0.1, 0.15) is 5.01 Å². The fourth-order valence-corrected chi connectivity index (χ4v) is 3.22. The Labute approximate surface area is 134 Å². The van der Waals surface area contributed by atoms with Crippen LogP contribution in [-0.2, 0) is 14.8 Å². The molecule has 0 aliphatic carbocycles. The molecule has 0 fully saturated rings. The third-order valence-electron chi connectivity index (χ3n) is 2.32. The Morgan fingerprint density at radius 2 is 1.95 bits per heavy atom. The Bertz CT molecular complexity index is 743. The maximum atomic E-state index is 12.0.